The highest BCUT2D eigenvalue weighted by Crippen LogP contribution is 2.77. The van der Waals surface area contributed by atoms with Crippen LogP contribution in [0.3, 0.4) is 0 Å². The van der Waals surface area contributed by atoms with Crippen LogP contribution in [0.2, 0.25) is 0 Å². The van der Waals surface area contributed by atoms with Crippen molar-refractivity contribution in [2.24, 2.45) is 39.9 Å². The molecule has 156 valence electrons. The number of ether oxygens (including phenoxy) is 1. The molecule has 3 nitrogen and oxygen atoms in total. The summed E-state index contributed by atoms with van der Waals surface area (Å²) in [4.78, 5) is 13.2. The van der Waals surface area contributed by atoms with Crippen molar-refractivity contribution >= 4 is 5.78 Å². The van der Waals surface area contributed by atoms with E-state index in [0.717, 1.165) is 37.5 Å². The third-order valence-corrected chi connectivity index (χ3v) is 11.7. The highest BCUT2D eigenvalue weighted by molar-refractivity contribution is 5.84. The van der Waals surface area contributed by atoms with Crippen LogP contribution in [0.1, 0.15) is 91.4 Å². The molecule has 5 aliphatic carbocycles. The van der Waals surface area contributed by atoms with Crippen LogP contribution in [0.15, 0.2) is 0 Å². The number of rotatable bonds is 1. The molecule has 1 N–H and O–H groups in total. The quantitative estimate of drug-likeness (QED) is 0.652. The van der Waals surface area contributed by atoms with Crippen LogP contribution in [0.4, 0.5) is 0 Å². The summed E-state index contributed by atoms with van der Waals surface area (Å²) in [5.41, 5.74) is 0.371. The van der Waals surface area contributed by atoms with Gasteiger partial charge in [0, 0.05) is 17.3 Å². The Kier molecular flexibility index (Phi) is 3.57. The van der Waals surface area contributed by atoms with Crippen LogP contribution >= 0.6 is 0 Å². The van der Waals surface area contributed by atoms with Crippen LogP contribution < -0.4 is 0 Å². The van der Waals surface area contributed by atoms with Crippen molar-refractivity contribution in [1.82, 2.24) is 0 Å². The average molecular weight is 387 g/mol. The van der Waals surface area contributed by atoms with E-state index in [2.05, 4.69) is 13.8 Å². The van der Waals surface area contributed by atoms with Gasteiger partial charge in [0.1, 0.15) is 11.4 Å². The first kappa shape index (κ1) is 18.4. The molecule has 0 radical (unpaired) electrons. The topological polar surface area (TPSA) is 49.8 Å². The number of aliphatic hydroxyl groups excluding tert-OH is 1. The van der Waals surface area contributed by atoms with Crippen molar-refractivity contribution in [3.8, 4) is 0 Å². The number of Topliss-reactive ketones (excluding diaryl/α,β-unsaturated/α-hetero) is 1. The SMILES string of the molecule is CC(=O)C12CCCCC1CC1C3CC4OC45CC(O)CCC5(C)C3CCC12C. The van der Waals surface area contributed by atoms with Crippen molar-refractivity contribution in [3.63, 3.8) is 0 Å². The minimum Gasteiger partial charge on any atom is -0.393 e. The number of aliphatic hydroxyl groups is 1. The Morgan fingerprint density at radius 2 is 1.75 bits per heavy atom. The summed E-state index contributed by atoms with van der Waals surface area (Å²) in [6.45, 7) is 6.93. The van der Waals surface area contributed by atoms with Gasteiger partial charge in [-0.05, 0) is 87.4 Å². The fraction of sp³-hybridized carbons (Fsp3) is 0.960. The zero-order valence-electron chi connectivity index (χ0n) is 18.0. The van der Waals surface area contributed by atoms with Crippen molar-refractivity contribution in [1.29, 1.82) is 0 Å². The molecule has 1 aliphatic heterocycles. The van der Waals surface area contributed by atoms with Gasteiger partial charge in [-0.15, -0.1) is 0 Å². The van der Waals surface area contributed by atoms with Crippen LogP contribution in [0.5, 0.6) is 0 Å². The lowest BCUT2D eigenvalue weighted by atomic mass is 9.42. The largest absolute Gasteiger partial charge is 0.393 e. The molecule has 6 rings (SSSR count). The first-order valence-corrected chi connectivity index (χ1v) is 12.2. The number of hydrogen-bond acceptors (Lipinski definition) is 3. The van der Waals surface area contributed by atoms with Gasteiger partial charge in [-0.1, -0.05) is 26.7 Å². The lowest BCUT2D eigenvalue weighted by Gasteiger charge is -2.61. The van der Waals surface area contributed by atoms with Gasteiger partial charge in [0.05, 0.1) is 12.2 Å². The van der Waals surface area contributed by atoms with Crippen LogP contribution in [0.25, 0.3) is 0 Å². The molecule has 0 aromatic rings. The fourth-order valence-corrected chi connectivity index (χ4v) is 10.5. The second-order valence-electron chi connectivity index (χ2n) is 12.1. The zero-order valence-corrected chi connectivity index (χ0v) is 18.0. The Morgan fingerprint density at radius 3 is 2.54 bits per heavy atom. The highest BCUT2D eigenvalue weighted by atomic mass is 16.6. The first-order chi connectivity index (χ1) is 13.3. The van der Waals surface area contributed by atoms with Gasteiger partial charge in [0.2, 0.25) is 0 Å². The number of carbonyl (C=O) groups excluding carboxylic acids is 1. The summed E-state index contributed by atoms with van der Waals surface area (Å²) in [5, 5.41) is 10.4. The molecular weight excluding hydrogens is 348 g/mol. The predicted octanol–water partition coefficient (Wildman–Crippen LogP) is 4.90. The standard InChI is InChI=1S/C25H38O3/c1-15(26)24-9-5-4-6-16(24)12-20-18-13-21-25(28-21)14-17(27)7-10-23(25,3)19(18)8-11-22(20,24)2/h16-21,27H,4-14H2,1-3H3. The van der Waals surface area contributed by atoms with E-state index in [1.807, 2.05) is 6.92 Å². The highest BCUT2D eigenvalue weighted by Gasteiger charge is 2.77. The maximum Gasteiger partial charge on any atom is 0.136 e. The number of fused-ring (bicyclic) bond motifs is 6. The molecule has 0 aromatic carbocycles. The smallest absolute Gasteiger partial charge is 0.136 e. The minimum absolute atomic E-state index is 0.0246. The summed E-state index contributed by atoms with van der Waals surface area (Å²) in [7, 11) is 0. The maximum atomic E-state index is 13.2. The Bertz CT molecular complexity index is 719. The van der Waals surface area contributed by atoms with E-state index < -0.39 is 0 Å². The fourth-order valence-electron chi connectivity index (χ4n) is 10.5. The number of carbonyl (C=O) groups is 1. The average Bonchev–Trinajstić information content (AvgIpc) is 3.27. The van der Waals surface area contributed by atoms with Crippen molar-refractivity contribution in [2.45, 2.75) is 109 Å². The monoisotopic (exact) mass is 386 g/mol. The predicted molar refractivity (Wildman–Crippen MR) is 108 cm³/mol. The third-order valence-electron chi connectivity index (χ3n) is 11.7. The molecule has 28 heavy (non-hydrogen) atoms. The molecule has 1 spiro atoms. The molecule has 3 heteroatoms. The van der Waals surface area contributed by atoms with Crippen molar-refractivity contribution in [2.75, 3.05) is 0 Å². The molecule has 0 amide bonds. The molecule has 1 heterocycles. The van der Waals surface area contributed by atoms with Gasteiger partial charge in [0.15, 0.2) is 0 Å². The van der Waals surface area contributed by atoms with Gasteiger partial charge in [0.25, 0.3) is 0 Å². The number of epoxide rings is 1. The molecule has 6 aliphatic rings. The van der Waals surface area contributed by atoms with Crippen LogP contribution in [-0.4, -0.2) is 28.7 Å². The normalized spacial score (nSPS) is 62.0. The molecule has 1 saturated heterocycles. The van der Waals surface area contributed by atoms with Crippen LogP contribution in [-0.2, 0) is 9.53 Å². The Balaban J connectivity index is 1.40. The van der Waals surface area contributed by atoms with E-state index >= 15 is 0 Å². The summed E-state index contributed by atoms with van der Waals surface area (Å²) in [6.07, 6.45) is 13.1. The molecule has 6 fully saturated rings. The molecule has 0 aromatic heterocycles. The molecule has 10 unspecified atom stereocenters. The summed E-state index contributed by atoms with van der Waals surface area (Å²) in [5.74, 6) is 3.27. The van der Waals surface area contributed by atoms with E-state index in [-0.39, 0.29) is 27.9 Å². The van der Waals surface area contributed by atoms with E-state index in [9.17, 15) is 9.90 Å². The van der Waals surface area contributed by atoms with Gasteiger partial charge in [-0.25, -0.2) is 0 Å². The summed E-state index contributed by atoms with van der Waals surface area (Å²) in [6, 6.07) is 0. The lowest BCUT2D eigenvalue weighted by molar-refractivity contribution is -0.154. The Labute approximate surface area is 170 Å². The first-order valence-electron chi connectivity index (χ1n) is 12.2. The number of hydrogen-bond donors (Lipinski definition) is 1. The van der Waals surface area contributed by atoms with Crippen molar-refractivity contribution < 1.29 is 14.6 Å². The Hall–Kier alpha value is -0.410. The van der Waals surface area contributed by atoms with E-state index in [0.29, 0.717) is 23.7 Å². The Morgan fingerprint density at radius 1 is 0.964 bits per heavy atom. The van der Waals surface area contributed by atoms with Crippen molar-refractivity contribution in [3.05, 3.63) is 0 Å². The number of ketones is 1. The molecule has 10 atom stereocenters. The summed E-state index contributed by atoms with van der Waals surface area (Å²) < 4.78 is 6.48. The van der Waals surface area contributed by atoms with Gasteiger partial charge in [-0.2, -0.15) is 0 Å². The van der Waals surface area contributed by atoms with E-state index in [1.54, 1.807) is 0 Å². The molecule has 5 saturated carbocycles. The van der Waals surface area contributed by atoms with Gasteiger partial charge >= 0.3 is 0 Å². The second kappa shape index (κ2) is 5.44. The molecule has 0 bridgehead atoms. The van der Waals surface area contributed by atoms with E-state index in [1.165, 1.54) is 44.9 Å². The minimum atomic E-state index is -0.168. The van der Waals surface area contributed by atoms with Gasteiger partial charge in [-0.3, -0.25) is 4.79 Å². The second-order valence-corrected chi connectivity index (χ2v) is 12.1. The summed E-state index contributed by atoms with van der Waals surface area (Å²) >= 11 is 0. The van der Waals surface area contributed by atoms with Crippen LogP contribution in [0, 0.1) is 39.9 Å². The maximum absolute atomic E-state index is 13.2. The molecular formula is C25H38O3. The van der Waals surface area contributed by atoms with E-state index in [4.69, 9.17) is 4.74 Å². The van der Waals surface area contributed by atoms with Gasteiger partial charge < -0.3 is 9.84 Å². The third kappa shape index (κ3) is 1.84. The lowest BCUT2D eigenvalue weighted by Crippen LogP contribution is -2.60. The zero-order chi connectivity index (χ0) is 19.5.